The third-order valence-corrected chi connectivity index (χ3v) is 3.90. The molecule has 7 heteroatoms. The predicted molar refractivity (Wildman–Crippen MR) is 83.1 cm³/mol. The van der Waals surface area contributed by atoms with Gasteiger partial charge in [0.15, 0.2) is 0 Å². The molecule has 2 N–H and O–H groups in total. The predicted octanol–water partition coefficient (Wildman–Crippen LogP) is 3.41. The number of benzene rings is 2. The van der Waals surface area contributed by atoms with E-state index in [0.29, 0.717) is 11.1 Å². The molecular formula is C15H12ClN3O3. The molecule has 6 nitrogen and oxygen atoms in total. The Morgan fingerprint density at radius 3 is 2.73 bits per heavy atom. The second kappa shape index (κ2) is 5.31. The maximum absolute atomic E-state index is 12.2. The highest BCUT2D eigenvalue weighted by Crippen LogP contribution is 2.32. The second-order valence-corrected chi connectivity index (χ2v) is 5.42. The largest absolute Gasteiger partial charge is 0.361 e. The smallest absolute Gasteiger partial charge is 0.288 e. The molecule has 1 aliphatic rings. The van der Waals surface area contributed by atoms with Crippen LogP contribution < -0.4 is 10.6 Å². The number of nitro groups is 1. The van der Waals surface area contributed by atoms with Gasteiger partial charge in [-0.15, -0.1) is 0 Å². The molecule has 112 valence electrons. The van der Waals surface area contributed by atoms with E-state index < -0.39 is 11.1 Å². The lowest BCUT2D eigenvalue weighted by Crippen LogP contribution is -2.38. The molecule has 2 aromatic carbocycles. The molecule has 3 rings (SSSR count). The summed E-state index contributed by atoms with van der Waals surface area (Å²) in [5.74, 6) is -0.222. The normalized spacial score (nSPS) is 16.5. The number of nitro benzene ring substituents is 1. The van der Waals surface area contributed by atoms with Crippen molar-refractivity contribution in [3.05, 3.63) is 68.2 Å². The zero-order chi connectivity index (χ0) is 15.9. The lowest BCUT2D eigenvalue weighted by molar-refractivity contribution is -0.384. The molecule has 22 heavy (non-hydrogen) atoms. The number of amides is 1. The number of anilines is 1. The van der Waals surface area contributed by atoms with E-state index in [-0.39, 0.29) is 16.6 Å². The maximum Gasteiger partial charge on any atom is 0.288 e. The van der Waals surface area contributed by atoms with Crippen LogP contribution in [-0.4, -0.2) is 10.8 Å². The molecule has 0 bridgehead atoms. The van der Waals surface area contributed by atoms with Crippen LogP contribution in [0, 0.1) is 17.0 Å². The molecular weight excluding hydrogens is 306 g/mol. The first-order valence-corrected chi connectivity index (χ1v) is 6.96. The van der Waals surface area contributed by atoms with Crippen LogP contribution in [0.3, 0.4) is 0 Å². The van der Waals surface area contributed by atoms with Gasteiger partial charge in [0, 0.05) is 11.6 Å². The van der Waals surface area contributed by atoms with Gasteiger partial charge in [-0.3, -0.25) is 14.9 Å². The van der Waals surface area contributed by atoms with E-state index in [1.54, 1.807) is 12.1 Å². The standard InChI is InChI=1S/C15H12ClN3O3/c1-8-3-2-4-10-13(8)17-14(18-15(10)20)9-5-6-11(16)12(7-9)19(21)22/h2-7,14,17H,1H3,(H,18,20)/t14-/m0/s1. The summed E-state index contributed by atoms with van der Waals surface area (Å²) < 4.78 is 0. The molecule has 0 fully saturated rings. The number of aryl methyl sites for hydroxylation is 1. The number of halogens is 1. The first-order valence-electron chi connectivity index (χ1n) is 6.58. The molecule has 1 atom stereocenters. The first kappa shape index (κ1) is 14.3. The van der Waals surface area contributed by atoms with E-state index in [0.717, 1.165) is 11.3 Å². The molecule has 0 saturated heterocycles. The fraction of sp³-hybridized carbons (Fsp3) is 0.133. The summed E-state index contributed by atoms with van der Waals surface area (Å²) in [7, 11) is 0. The fourth-order valence-corrected chi connectivity index (χ4v) is 2.64. The van der Waals surface area contributed by atoms with Crippen LogP contribution in [0.2, 0.25) is 5.02 Å². The van der Waals surface area contributed by atoms with Crippen LogP contribution in [0.25, 0.3) is 0 Å². The van der Waals surface area contributed by atoms with Crippen molar-refractivity contribution in [2.24, 2.45) is 0 Å². The summed E-state index contributed by atoms with van der Waals surface area (Å²) in [6.45, 7) is 1.89. The van der Waals surface area contributed by atoms with Crippen molar-refractivity contribution >= 4 is 28.9 Å². The molecule has 0 unspecified atom stereocenters. The number of carbonyl (C=O) groups is 1. The highest BCUT2D eigenvalue weighted by Gasteiger charge is 2.27. The Kier molecular flexibility index (Phi) is 3.46. The number of para-hydroxylation sites is 1. The van der Waals surface area contributed by atoms with Crippen molar-refractivity contribution in [3.63, 3.8) is 0 Å². The van der Waals surface area contributed by atoms with Gasteiger partial charge in [0.1, 0.15) is 11.2 Å². The fourth-order valence-electron chi connectivity index (χ4n) is 2.45. The van der Waals surface area contributed by atoms with E-state index in [1.165, 1.54) is 12.1 Å². The lowest BCUT2D eigenvalue weighted by atomic mass is 10.0. The summed E-state index contributed by atoms with van der Waals surface area (Å²) in [4.78, 5) is 22.6. The van der Waals surface area contributed by atoms with Crippen molar-refractivity contribution < 1.29 is 9.72 Å². The van der Waals surface area contributed by atoms with Crippen molar-refractivity contribution in [3.8, 4) is 0 Å². The molecule has 1 amide bonds. The minimum atomic E-state index is -0.546. The first-order chi connectivity index (χ1) is 10.5. The third-order valence-electron chi connectivity index (χ3n) is 3.58. The molecule has 2 aromatic rings. The van der Waals surface area contributed by atoms with Gasteiger partial charge in [-0.1, -0.05) is 29.8 Å². The summed E-state index contributed by atoms with van der Waals surface area (Å²) in [5.41, 5.74) is 2.60. The number of hydrogen-bond donors (Lipinski definition) is 2. The zero-order valence-electron chi connectivity index (χ0n) is 11.6. The minimum Gasteiger partial charge on any atom is -0.361 e. The third kappa shape index (κ3) is 2.37. The van der Waals surface area contributed by atoms with Gasteiger partial charge < -0.3 is 10.6 Å². The zero-order valence-corrected chi connectivity index (χ0v) is 12.3. The molecule has 1 aliphatic heterocycles. The van der Waals surface area contributed by atoms with E-state index >= 15 is 0 Å². The average molecular weight is 318 g/mol. The van der Waals surface area contributed by atoms with Crippen LogP contribution in [-0.2, 0) is 0 Å². The van der Waals surface area contributed by atoms with Crippen LogP contribution in [0.4, 0.5) is 11.4 Å². The molecule has 0 spiro atoms. The molecule has 0 saturated carbocycles. The minimum absolute atomic E-state index is 0.0625. The highest BCUT2D eigenvalue weighted by atomic mass is 35.5. The van der Waals surface area contributed by atoms with Crippen LogP contribution in [0.1, 0.15) is 27.7 Å². The number of hydrogen-bond acceptors (Lipinski definition) is 4. The lowest BCUT2D eigenvalue weighted by Gasteiger charge is -2.29. The number of fused-ring (bicyclic) bond motifs is 1. The monoisotopic (exact) mass is 317 g/mol. The van der Waals surface area contributed by atoms with Crippen molar-refractivity contribution in [1.29, 1.82) is 0 Å². The Balaban J connectivity index is 2.01. The van der Waals surface area contributed by atoms with Gasteiger partial charge in [0.25, 0.3) is 11.6 Å². The Labute approximate surface area is 131 Å². The Morgan fingerprint density at radius 1 is 1.23 bits per heavy atom. The summed E-state index contributed by atoms with van der Waals surface area (Å²) in [6, 6.07) is 9.90. The summed E-state index contributed by atoms with van der Waals surface area (Å²) in [6.07, 6.45) is -0.544. The average Bonchev–Trinajstić information content (AvgIpc) is 2.48. The Morgan fingerprint density at radius 2 is 2.00 bits per heavy atom. The van der Waals surface area contributed by atoms with E-state index in [1.807, 2.05) is 19.1 Å². The number of nitrogens with one attached hydrogen (secondary N) is 2. The van der Waals surface area contributed by atoms with Crippen LogP contribution in [0.5, 0.6) is 0 Å². The van der Waals surface area contributed by atoms with Gasteiger partial charge in [-0.25, -0.2) is 0 Å². The van der Waals surface area contributed by atoms with E-state index in [9.17, 15) is 14.9 Å². The van der Waals surface area contributed by atoms with E-state index in [4.69, 9.17) is 11.6 Å². The van der Waals surface area contributed by atoms with Gasteiger partial charge in [0.05, 0.1) is 16.2 Å². The van der Waals surface area contributed by atoms with Gasteiger partial charge >= 0.3 is 0 Å². The molecule has 1 heterocycles. The number of carbonyl (C=O) groups excluding carboxylic acids is 1. The van der Waals surface area contributed by atoms with Crippen molar-refractivity contribution in [2.45, 2.75) is 13.1 Å². The Hall–Kier alpha value is -2.60. The summed E-state index contributed by atoms with van der Waals surface area (Å²) >= 11 is 5.82. The van der Waals surface area contributed by atoms with Crippen LogP contribution in [0.15, 0.2) is 36.4 Å². The molecule has 0 aromatic heterocycles. The number of nitrogens with zero attached hydrogens (tertiary/aromatic N) is 1. The molecule has 0 radical (unpaired) electrons. The summed E-state index contributed by atoms with van der Waals surface area (Å²) in [5, 5.41) is 17.0. The second-order valence-electron chi connectivity index (χ2n) is 5.02. The van der Waals surface area contributed by atoms with Crippen molar-refractivity contribution in [2.75, 3.05) is 5.32 Å². The van der Waals surface area contributed by atoms with Gasteiger partial charge in [-0.2, -0.15) is 0 Å². The molecule has 0 aliphatic carbocycles. The van der Waals surface area contributed by atoms with Gasteiger partial charge in [-0.05, 0) is 24.6 Å². The number of rotatable bonds is 2. The van der Waals surface area contributed by atoms with E-state index in [2.05, 4.69) is 10.6 Å². The van der Waals surface area contributed by atoms with Crippen molar-refractivity contribution in [1.82, 2.24) is 5.32 Å². The highest BCUT2D eigenvalue weighted by molar-refractivity contribution is 6.32. The Bertz CT molecular complexity index is 792. The SMILES string of the molecule is Cc1cccc2c1N[C@H](c1ccc(Cl)c([N+](=O)[O-])c1)NC2=O. The quantitative estimate of drug-likeness (QED) is 0.656. The van der Waals surface area contributed by atoms with Gasteiger partial charge in [0.2, 0.25) is 0 Å². The van der Waals surface area contributed by atoms with Crippen LogP contribution >= 0.6 is 11.6 Å². The topological polar surface area (TPSA) is 84.3 Å². The maximum atomic E-state index is 12.2.